The molecular weight excluding hydrogens is 439 g/mol. The van der Waals surface area contributed by atoms with E-state index in [0.717, 1.165) is 18.2 Å². The number of carbonyl (C=O) groups excluding carboxylic acids is 2. The predicted octanol–water partition coefficient (Wildman–Crippen LogP) is 2.80. The van der Waals surface area contributed by atoms with Gasteiger partial charge in [-0.2, -0.15) is 13.2 Å². The minimum atomic E-state index is -4.65. The molecule has 0 bridgehead atoms. The molecule has 0 aliphatic rings. The second-order valence-electron chi connectivity index (χ2n) is 6.35. The number of nitrogens with zero attached hydrogens (tertiary/aromatic N) is 1. The lowest BCUT2D eigenvalue weighted by atomic mass is 10.1. The lowest BCUT2D eigenvalue weighted by Gasteiger charge is -2.26. The topological polar surface area (TPSA) is 90.9 Å². The molecule has 0 atom stereocenters. The zero-order valence-electron chi connectivity index (χ0n) is 16.5. The highest BCUT2D eigenvalue weighted by atomic mass is 35.5. The van der Waals surface area contributed by atoms with Gasteiger partial charge in [0.05, 0.1) is 42.2 Å². The van der Waals surface area contributed by atoms with Crippen LogP contribution in [0.5, 0.6) is 5.75 Å². The van der Waals surface area contributed by atoms with Crippen molar-refractivity contribution >= 4 is 29.6 Å². The molecule has 0 aliphatic carbocycles. The molecule has 2 amide bonds. The van der Waals surface area contributed by atoms with Crippen LogP contribution in [0.3, 0.4) is 0 Å². The monoisotopic (exact) mass is 459 g/mol. The highest BCUT2D eigenvalue weighted by Crippen LogP contribution is 2.33. The first-order valence-corrected chi connectivity index (χ1v) is 9.43. The van der Waals surface area contributed by atoms with Gasteiger partial charge in [0.2, 0.25) is 6.41 Å². The van der Waals surface area contributed by atoms with Crippen LogP contribution in [0.1, 0.15) is 21.5 Å². The van der Waals surface area contributed by atoms with E-state index in [2.05, 4.69) is 10.6 Å². The van der Waals surface area contributed by atoms with E-state index in [9.17, 15) is 27.9 Å². The Morgan fingerprint density at radius 2 is 2.00 bits per heavy atom. The molecule has 0 fully saturated rings. The number of rotatable bonds is 10. The van der Waals surface area contributed by atoms with Gasteiger partial charge in [-0.05, 0) is 35.9 Å². The molecule has 0 unspecified atom stereocenters. The number of benzene rings is 2. The number of aliphatic hydroxyl groups excluding tert-OH is 1. The van der Waals surface area contributed by atoms with Gasteiger partial charge in [-0.1, -0.05) is 17.7 Å². The number of ether oxygens (including phenoxy) is 1. The Hall–Kier alpha value is -2.98. The minimum Gasteiger partial charge on any atom is -0.495 e. The molecule has 3 N–H and O–H groups in total. The van der Waals surface area contributed by atoms with Crippen LogP contribution in [0.4, 0.5) is 18.9 Å². The van der Waals surface area contributed by atoms with Gasteiger partial charge in [0, 0.05) is 13.1 Å². The summed E-state index contributed by atoms with van der Waals surface area (Å²) in [6.07, 6.45) is -4.25. The molecule has 0 aromatic heterocycles. The van der Waals surface area contributed by atoms with E-state index in [1.807, 2.05) is 0 Å². The van der Waals surface area contributed by atoms with Crippen LogP contribution in [0, 0.1) is 0 Å². The Labute approximate surface area is 181 Å². The van der Waals surface area contributed by atoms with E-state index in [1.54, 1.807) is 18.2 Å². The van der Waals surface area contributed by atoms with Crippen molar-refractivity contribution in [1.29, 1.82) is 0 Å². The summed E-state index contributed by atoms with van der Waals surface area (Å²) >= 11 is 6.05. The highest BCUT2D eigenvalue weighted by Gasteiger charge is 2.32. The van der Waals surface area contributed by atoms with Crippen molar-refractivity contribution in [3.8, 4) is 5.75 Å². The molecule has 2 aromatic carbocycles. The van der Waals surface area contributed by atoms with Crippen LogP contribution in [-0.2, 0) is 17.5 Å². The summed E-state index contributed by atoms with van der Waals surface area (Å²) in [6, 6.07) is 7.53. The molecule has 0 aliphatic heterocycles. The highest BCUT2D eigenvalue weighted by molar-refractivity contribution is 6.32. The SMILES string of the molecule is COc1ccc(CNC(=O)c2cc(C(F)(F)F)ccc2N(CCO)CNC=O)cc1Cl. The fourth-order valence-corrected chi connectivity index (χ4v) is 3.10. The molecule has 7 nitrogen and oxygen atoms in total. The van der Waals surface area contributed by atoms with Crippen molar-refractivity contribution in [1.82, 2.24) is 10.6 Å². The molecule has 2 rings (SSSR count). The maximum absolute atomic E-state index is 13.2. The average molecular weight is 460 g/mol. The first-order valence-electron chi connectivity index (χ1n) is 9.06. The van der Waals surface area contributed by atoms with Crippen LogP contribution in [0.15, 0.2) is 36.4 Å². The normalized spacial score (nSPS) is 11.0. The van der Waals surface area contributed by atoms with Gasteiger partial charge in [-0.15, -0.1) is 0 Å². The average Bonchev–Trinajstić information content (AvgIpc) is 2.74. The molecule has 31 heavy (non-hydrogen) atoms. The van der Waals surface area contributed by atoms with Gasteiger partial charge >= 0.3 is 6.18 Å². The molecule has 0 heterocycles. The number of halogens is 4. The van der Waals surface area contributed by atoms with Crippen LogP contribution >= 0.6 is 11.6 Å². The Balaban J connectivity index is 2.34. The molecule has 2 aromatic rings. The summed E-state index contributed by atoms with van der Waals surface area (Å²) < 4.78 is 44.7. The van der Waals surface area contributed by atoms with Crippen molar-refractivity contribution in [2.24, 2.45) is 0 Å². The summed E-state index contributed by atoms with van der Waals surface area (Å²) in [7, 11) is 1.45. The van der Waals surface area contributed by atoms with E-state index in [0.29, 0.717) is 22.7 Å². The van der Waals surface area contributed by atoms with Crippen LogP contribution in [0.2, 0.25) is 5.02 Å². The summed E-state index contributed by atoms with van der Waals surface area (Å²) in [6.45, 7) is -0.456. The predicted molar refractivity (Wildman–Crippen MR) is 109 cm³/mol. The van der Waals surface area contributed by atoms with E-state index in [4.69, 9.17) is 16.3 Å². The van der Waals surface area contributed by atoms with E-state index in [1.165, 1.54) is 12.0 Å². The number of alkyl halides is 3. The zero-order chi connectivity index (χ0) is 23.0. The maximum atomic E-state index is 13.2. The van der Waals surface area contributed by atoms with Crippen molar-refractivity contribution in [3.63, 3.8) is 0 Å². The number of aliphatic hydroxyl groups is 1. The fraction of sp³-hybridized carbons (Fsp3) is 0.300. The van der Waals surface area contributed by atoms with Crippen LogP contribution in [0.25, 0.3) is 0 Å². The van der Waals surface area contributed by atoms with E-state index in [-0.39, 0.29) is 37.6 Å². The fourth-order valence-electron chi connectivity index (χ4n) is 2.82. The zero-order valence-corrected chi connectivity index (χ0v) is 17.3. The minimum absolute atomic E-state index is 0.00478. The van der Waals surface area contributed by atoms with Crippen molar-refractivity contribution in [2.75, 3.05) is 31.8 Å². The maximum Gasteiger partial charge on any atom is 0.416 e. The molecule has 0 saturated heterocycles. The van der Waals surface area contributed by atoms with Gasteiger partial charge < -0.3 is 25.4 Å². The third kappa shape index (κ3) is 6.50. The van der Waals surface area contributed by atoms with Gasteiger partial charge in [0.25, 0.3) is 5.91 Å². The second-order valence-corrected chi connectivity index (χ2v) is 6.76. The van der Waals surface area contributed by atoms with E-state index < -0.39 is 17.6 Å². The molecule has 11 heteroatoms. The smallest absolute Gasteiger partial charge is 0.416 e. The summed E-state index contributed by atoms with van der Waals surface area (Å²) in [5.41, 5.74) is -0.513. The Morgan fingerprint density at radius 1 is 1.26 bits per heavy atom. The molecule has 0 saturated carbocycles. The molecule has 168 valence electrons. The number of nitrogens with one attached hydrogen (secondary N) is 2. The molecule has 0 spiro atoms. The first-order chi connectivity index (χ1) is 14.7. The third-order valence-corrected chi connectivity index (χ3v) is 4.61. The Bertz CT molecular complexity index is 925. The van der Waals surface area contributed by atoms with E-state index >= 15 is 0 Å². The summed E-state index contributed by atoms with van der Waals surface area (Å²) in [4.78, 5) is 24.8. The van der Waals surface area contributed by atoms with Gasteiger partial charge in [-0.3, -0.25) is 9.59 Å². The summed E-state index contributed by atoms with van der Waals surface area (Å²) in [5.74, 6) is -0.318. The number of methoxy groups -OCH3 is 1. The standard InChI is InChI=1S/C20H21ClF3N3O4/c1-31-18-5-2-13(8-16(18)21)10-26-19(30)15-9-14(20(22,23)24)3-4-17(15)27(6-7-28)11-25-12-29/h2-5,8-9,12,28H,6-7,10-11H2,1H3,(H,25,29)(H,26,30). The van der Waals surface area contributed by atoms with Crippen LogP contribution in [-0.4, -0.2) is 44.4 Å². The number of hydrogen-bond acceptors (Lipinski definition) is 5. The van der Waals surface area contributed by atoms with Crippen molar-refractivity contribution in [2.45, 2.75) is 12.7 Å². The number of anilines is 1. The Kier molecular flexibility index (Phi) is 8.52. The van der Waals surface area contributed by atoms with Gasteiger partial charge in [0.1, 0.15) is 5.75 Å². The third-order valence-electron chi connectivity index (χ3n) is 4.31. The van der Waals surface area contributed by atoms with Gasteiger partial charge in [-0.25, -0.2) is 0 Å². The largest absolute Gasteiger partial charge is 0.495 e. The quantitative estimate of drug-likeness (QED) is 0.375. The molecular formula is C20H21ClF3N3O4. The lowest BCUT2D eigenvalue weighted by Crippen LogP contribution is -2.37. The summed E-state index contributed by atoms with van der Waals surface area (Å²) in [5, 5.41) is 14.5. The van der Waals surface area contributed by atoms with Crippen molar-refractivity contribution < 1.29 is 32.6 Å². The number of amides is 2. The number of hydrogen-bond donors (Lipinski definition) is 3. The van der Waals surface area contributed by atoms with Crippen LogP contribution < -0.4 is 20.3 Å². The Morgan fingerprint density at radius 3 is 2.58 bits per heavy atom. The number of carbonyl (C=O) groups is 2. The first kappa shape index (κ1) is 24.3. The van der Waals surface area contributed by atoms with Gasteiger partial charge in [0.15, 0.2) is 0 Å². The molecule has 0 radical (unpaired) electrons. The lowest BCUT2D eigenvalue weighted by molar-refractivity contribution is -0.137. The second kappa shape index (κ2) is 10.9. The van der Waals surface area contributed by atoms with Crippen molar-refractivity contribution in [3.05, 3.63) is 58.1 Å².